The standard InChI is InChI=1S/C20H35N3O2.C6H11NO/c1-5-15(11-21-4)17-8-9-18-19(10-17)22(20(25)16-6-7-16)12-13(2)23(18)14(3)24;1-2-6(8)7-4-3-5-7/h13,15-19,21H,5-12H2,1-4H3;2-5H2,1H3. The smallest absolute Gasteiger partial charge is 0.226 e. The lowest BCUT2D eigenvalue weighted by molar-refractivity contribution is -0.155. The van der Waals surface area contributed by atoms with Crippen molar-refractivity contribution in [2.45, 2.75) is 97.2 Å². The maximum Gasteiger partial charge on any atom is 0.226 e. The fourth-order valence-electron chi connectivity index (χ4n) is 6.14. The van der Waals surface area contributed by atoms with Crippen molar-refractivity contribution in [3.63, 3.8) is 0 Å². The van der Waals surface area contributed by atoms with Gasteiger partial charge in [-0.05, 0) is 70.9 Å². The maximum atomic E-state index is 12.9. The van der Waals surface area contributed by atoms with Crippen LogP contribution >= 0.6 is 0 Å². The fraction of sp³-hybridized carbons (Fsp3) is 0.885. The van der Waals surface area contributed by atoms with Gasteiger partial charge in [-0.25, -0.2) is 0 Å². The van der Waals surface area contributed by atoms with Crippen molar-refractivity contribution in [2.24, 2.45) is 17.8 Å². The summed E-state index contributed by atoms with van der Waals surface area (Å²) >= 11 is 0. The highest BCUT2D eigenvalue weighted by Gasteiger charge is 2.49. The quantitative estimate of drug-likeness (QED) is 0.659. The van der Waals surface area contributed by atoms with E-state index in [0.29, 0.717) is 36.6 Å². The van der Waals surface area contributed by atoms with E-state index in [-0.39, 0.29) is 30.0 Å². The van der Waals surface area contributed by atoms with Gasteiger partial charge in [-0.3, -0.25) is 14.4 Å². The predicted molar refractivity (Wildman–Crippen MR) is 131 cm³/mol. The lowest BCUT2D eigenvalue weighted by Gasteiger charge is -2.54. The van der Waals surface area contributed by atoms with Crippen molar-refractivity contribution in [3.05, 3.63) is 0 Å². The summed E-state index contributed by atoms with van der Waals surface area (Å²) < 4.78 is 0. The first-order valence-electron chi connectivity index (χ1n) is 13.3. The molecule has 2 saturated heterocycles. The van der Waals surface area contributed by atoms with E-state index in [4.69, 9.17) is 0 Å². The van der Waals surface area contributed by atoms with Crippen LogP contribution in [-0.2, 0) is 14.4 Å². The summed E-state index contributed by atoms with van der Waals surface area (Å²) in [4.78, 5) is 42.1. The molecule has 2 aliphatic carbocycles. The van der Waals surface area contributed by atoms with Crippen LogP contribution in [0.4, 0.5) is 0 Å². The first-order chi connectivity index (χ1) is 15.8. The lowest BCUT2D eigenvalue weighted by Crippen LogP contribution is -2.67. The molecule has 0 spiro atoms. The van der Waals surface area contributed by atoms with E-state index in [1.54, 1.807) is 6.92 Å². The van der Waals surface area contributed by atoms with E-state index in [2.05, 4.69) is 29.0 Å². The minimum Gasteiger partial charge on any atom is -0.343 e. The number of carbonyl (C=O) groups is 3. The van der Waals surface area contributed by atoms with Gasteiger partial charge in [0.25, 0.3) is 0 Å². The van der Waals surface area contributed by atoms with E-state index in [0.717, 1.165) is 45.3 Å². The highest BCUT2D eigenvalue weighted by molar-refractivity contribution is 5.82. The SMILES string of the molecule is CCC(=O)N1CCC1.CCC(CNC)C1CCC2C(C1)N(C(=O)C1CC1)CC(C)N2C(C)=O. The highest BCUT2D eigenvalue weighted by Crippen LogP contribution is 2.41. The van der Waals surface area contributed by atoms with Crippen LogP contribution in [-0.4, -0.2) is 83.8 Å². The Kier molecular flexibility index (Phi) is 9.19. The number of rotatable bonds is 6. The number of piperazine rings is 1. The monoisotopic (exact) mass is 462 g/mol. The zero-order valence-corrected chi connectivity index (χ0v) is 21.5. The number of amides is 3. The normalized spacial score (nSPS) is 29.9. The van der Waals surface area contributed by atoms with Gasteiger partial charge in [-0.1, -0.05) is 20.3 Å². The molecule has 4 fully saturated rings. The van der Waals surface area contributed by atoms with Crippen LogP contribution in [0.25, 0.3) is 0 Å². The largest absolute Gasteiger partial charge is 0.343 e. The van der Waals surface area contributed by atoms with Gasteiger partial charge in [0.1, 0.15) is 0 Å². The van der Waals surface area contributed by atoms with Crippen LogP contribution in [0.1, 0.15) is 79.1 Å². The molecule has 2 aliphatic heterocycles. The van der Waals surface area contributed by atoms with Gasteiger partial charge in [-0.2, -0.15) is 0 Å². The Morgan fingerprint density at radius 1 is 1.03 bits per heavy atom. The van der Waals surface area contributed by atoms with Gasteiger partial charge < -0.3 is 20.0 Å². The van der Waals surface area contributed by atoms with Gasteiger partial charge in [-0.15, -0.1) is 0 Å². The second kappa shape index (κ2) is 11.7. The first-order valence-corrected chi connectivity index (χ1v) is 13.3. The Balaban J connectivity index is 0.000000323. The molecule has 7 nitrogen and oxygen atoms in total. The number of nitrogens with one attached hydrogen (secondary N) is 1. The molecule has 0 aromatic heterocycles. The molecule has 7 heteroatoms. The average molecular weight is 463 g/mol. The molecule has 3 amide bonds. The summed E-state index contributed by atoms with van der Waals surface area (Å²) in [6.07, 6.45) is 8.41. The van der Waals surface area contributed by atoms with Crippen LogP contribution in [0.3, 0.4) is 0 Å². The van der Waals surface area contributed by atoms with E-state index in [1.165, 1.54) is 19.3 Å². The maximum absolute atomic E-state index is 12.9. The second-order valence-corrected chi connectivity index (χ2v) is 10.6. The number of hydrogen-bond donors (Lipinski definition) is 1. The van der Waals surface area contributed by atoms with Crippen LogP contribution in [0.5, 0.6) is 0 Å². The summed E-state index contributed by atoms with van der Waals surface area (Å²) in [6.45, 7) is 11.7. The van der Waals surface area contributed by atoms with Gasteiger partial charge in [0.2, 0.25) is 17.7 Å². The fourth-order valence-corrected chi connectivity index (χ4v) is 6.14. The average Bonchev–Trinajstić information content (AvgIpc) is 3.60. The van der Waals surface area contributed by atoms with E-state index >= 15 is 0 Å². The summed E-state index contributed by atoms with van der Waals surface area (Å²) in [7, 11) is 2.02. The summed E-state index contributed by atoms with van der Waals surface area (Å²) in [5.41, 5.74) is 0. The van der Waals surface area contributed by atoms with E-state index < -0.39 is 0 Å². The molecule has 2 heterocycles. The number of carbonyl (C=O) groups excluding carboxylic acids is 3. The molecule has 0 aromatic rings. The molecule has 0 radical (unpaired) electrons. The number of fused-ring (bicyclic) bond motifs is 1. The summed E-state index contributed by atoms with van der Waals surface area (Å²) in [5, 5.41) is 3.34. The molecule has 0 bridgehead atoms. The molecule has 2 saturated carbocycles. The van der Waals surface area contributed by atoms with Gasteiger partial charge in [0.15, 0.2) is 0 Å². The van der Waals surface area contributed by atoms with E-state index in [9.17, 15) is 14.4 Å². The molecule has 4 rings (SSSR count). The Bertz CT molecular complexity index is 691. The number of hydrogen-bond acceptors (Lipinski definition) is 4. The third-order valence-corrected chi connectivity index (χ3v) is 8.26. The number of likely N-dealkylation sites (tertiary alicyclic amines) is 1. The van der Waals surface area contributed by atoms with Crippen LogP contribution in [0.15, 0.2) is 0 Å². The Morgan fingerprint density at radius 2 is 1.73 bits per heavy atom. The molecule has 5 atom stereocenters. The highest BCUT2D eigenvalue weighted by atomic mass is 16.2. The van der Waals surface area contributed by atoms with Crippen molar-refractivity contribution >= 4 is 17.7 Å². The molecule has 5 unspecified atom stereocenters. The third-order valence-electron chi connectivity index (χ3n) is 8.26. The van der Waals surface area contributed by atoms with Gasteiger partial charge in [0, 0.05) is 44.9 Å². The molecular formula is C26H46N4O3. The Labute approximate surface area is 200 Å². The summed E-state index contributed by atoms with van der Waals surface area (Å²) in [6, 6.07) is 0.572. The second-order valence-electron chi connectivity index (χ2n) is 10.6. The Morgan fingerprint density at radius 3 is 2.18 bits per heavy atom. The predicted octanol–water partition coefficient (Wildman–Crippen LogP) is 2.89. The third kappa shape index (κ3) is 6.09. The van der Waals surface area contributed by atoms with Crippen LogP contribution < -0.4 is 5.32 Å². The van der Waals surface area contributed by atoms with E-state index in [1.807, 2.05) is 18.9 Å². The van der Waals surface area contributed by atoms with Gasteiger partial charge in [0.05, 0.1) is 12.1 Å². The summed E-state index contributed by atoms with van der Waals surface area (Å²) in [5.74, 6) is 2.39. The minimum atomic E-state index is 0.136. The molecule has 4 aliphatic rings. The van der Waals surface area contributed by atoms with Crippen molar-refractivity contribution in [1.82, 2.24) is 20.0 Å². The molecule has 33 heavy (non-hydrogen) atoms. The minimum absolute atomic E-state index is 0.136. The van der Waals surface area contributed by atoms with Crippen molar-refractivity contribution in [3.8, 4) is 0 Å². The topological polar surface area (TPSA) is 73.0 Å². The lowest BCUT2D eigenvalue weighted by atomic mass is 9.72. The molecule has 0 aromatic carbocycles. The molecule has 1 N–H and O–H groups in total. The zero-order valence-electron chi connectivity index (χ0n) is 21.5. The Hall–Kier alpha value is -1.63. The van der Waals surface area contributed by atoms with Crippen molar-refractivity contribution in [1.29, 1.82) is 0 Å². The first kappa shape index (κ1) is 26.0. The molecule has 188 valence electrons. The van der Waals surface area contributed by atoms with Crippen LogP contribution in [0.2, 0.25) is 0 Å². The number of nitrogens with zero attached hydrogens (tertiary/aromatic N) is 3. The van der Waals surface area contributed by atoms with Gasteiger partial charge >= 0.3 is 0 Å². The zero-order chi connectivity index (χ0) is 24.1. The van der Waals surface area contributed by atoms with Crippen molar-refractivity contribution in [2.75, 3.05) is 33.2 Å². The van der Waals surface area contributed by atoms with Crippen LogP contribution in [0, 0.1) is 17.8 Å². The van der Waals surface area contributed by atoms with Crippen molar-refractivity contribution < 1.29 is 14.4 Å². The molecular weight excluding hydrogens is 416 g/mol.